The molecule has 3 heteroatoms. The molecule has 1 aromatic rings. The summed E-state index contributed by atoms with van der Waals surface area (Å²) < 4.78 is 5.30. The highest BCUT2D eigenvalue weighted by atomic mass is 16.5. The molecule has 1 fully saturated rings. The highest BCUT2D eigenvalue weighted by Crippen LogP contribution is 2.26. The number of hydrogen-bond donors (Lipinski definition) is 1. The second kappa shape index (κ2) is 6.29. The number of rotatable bonds is 2. The van der Waals surface area contributed by atoms with Crippen LogP contribution in [0.2, 0.25) is 0 Å². The van der Waals surface area contributed by atoms with Crippen molar-refractivity contribution in [1.82, 2.24) is 5.32 Å². The SMILES string of the molecule is COc1ccc(N2CC(C)CNCC(C)C2)c(C)c1. The molecule has 1 heterocycles. The van der Waals surface area contributed by atoms with Crippen LogP contribution >= 0.6 is 0 Å². The Morgan fingerprint density at radius 1 is 1.16 bits per heavy atom. The minimum absolute atomic E-state index is 0.675. The predicted molar refractivity (Wildman–Crippen MR) is 81.1 cm³/mol. The quantitative estimate of drug-likeness (QED) is 0.887. The second-order valence-corrected chi connectivity index (χ2v) is 5.93. The Morgan fingerprint density at radius 2 is 1.79 bits per heavy atom. The van der Waals surface area contributed by atoms with Crippen LogP contribution in [0.1, 0.15) is 19.4 Å². The number of nitrogens with one attached hydrogen (secondary N) is 1. The van der Waals surface area contributed by atoms with Crippen molar-refractivity contribution in [3.8, 4) is 5.75 Å². The number of ether oxygens (including phenoxy) is 1. The van der Waals surface area contributed by atoms with Crippen LogP contribution in [0.5, 0.6) is 5.75 Å². The van der Waals surface area contributed by atoms with Crippen LogP contribution in [0, 0.1) is 18.8 Å². The molecule has 1 N–H and O–H groups in total. The lowest BCUT2D eigenvalue weighted by Gasteiger charge is -2.34. The van der Waals surface area contributed by atoms with Crippen molar-refractivity contribution < 1.29 is 4.74 Å². The van der Waals surface area contributed by atoms with Gasteiger partial charge in [-0.05, 0) is 55.6 Å². The van der Waals surface area contributed by atoms with Gasteiger partial charge in [-0.25, -0.2) is 0 Å². The molecule has 0 aromatic heterocycles. The summed E-state index contributed by atoms with van der Waals surface area (Å²) in [6, 6.07) is 6.39. The fraction of sp³-hybridized carbons (Fsp3) is 0.625. The van der Waals surface area contributed by atoms with Crippen LogP contribution < -0.4 is 15.0 Å². The Hall–Kier alpha value is -1.22. The maximum atomic E-state index is 5.30. The molecule has 0 radical (unpaired) electrons. The molecule has 0 saturated carbocycles. The molecular formula is C16H26N2O. The van der Waals surface area contributed by atoms with Crippen LogP contribution in [0.3, 0.4) is 0 Å². The van der Waals surface area contributed by atoms with Gasteiger partial charge >= 0.3 is 0 Å². The van der Waals surface area contributed by atoms with Crippen molar-refractivity contribution in [3.63, 3.8) is 0 Å². The Balaban J connectivity index is 2.21. The van der Waals surface area contributed by atoms with E-state index < -0.39 is 0 Å². The molecule has 1 aliphatic heterocycles. The molecule has 106 valence electrons. The lowest BCUT2D eigenvalue weighted by atomic mass is 10.0. The largest absolute Gasteiger partial charge is 0.497 e. The van der Waals surface area contributed by atoms with Crippen LogP contribution in [0.15, 0.2) is 18.2 Å². The smallest absolute Gasteiger partial charge is 0.119 e. The minimum Gasteiger partial charge on any atom is -0.497 e. The first kappa shape index (κ1) is 14.2. The highest BCUT2D eigenvalue weighted by Gasteiger charge is 2.19. The van der Waals surface area contributed by atoms with Crippen molar-refractivity contribution >= 4 is 5.69 Å². The third kappa shape index (κ3) is 3.63. The number of anilines is 1. The number of benzene rings is 1. The van der Waals surface area contributed by atoms with Gasteiger partial charge in [0, 0.05) is 18.8 Å². The molecule has 2 rings (SSSR count). The molecule has 1 aliphatic rings. The molecule has 0 amide bonds. The minimum atomic E-state index is 0.675. The summed E-state index contributed by atoms with van der Waals surface area (Å²) in [5, 5.41) is 3.54. The molecule has 1 saturated heterocycles. The van der Waals surface area contributed by atoms with Crippen molar-refractivity contribution in [2.45, 2.75) is 20.8 Å². The monoisotopic (exact) mass is 262 g/mol. The molecule has 0 aliphatic carbocycles. The van der Waals surface area contributed by atoms with Crippen molar-refractivity contribution in [2.75, 3.05) is 38.2 Å². The molecule has 2 atom stereocenters. The van der Waals surface area contributed by atoms with E-state index >= 15 is 0 Å². The summed E-state index contributed by atoms with van der Waals surface area (Å²) in [7, 11) is 1.72. The average molecular weight is 262 g/mol. The second-order valence-electron chi connectivity index (χ2n) is 5.93. The van der Waals surface area contributed by atoms with Gasteiger partial charge in [-0.3, -0.25) is 0 Å². The highest BCUT2D eigenvalue weighted by molar-refractivity contribution is 5.56. The van der Waals surface area contributed by atoms with E-state index in [0.29, 0.717) is 11.8 Å². The third-order valence-electron chi connectivity index (χ3n) is 3.79. The van der Waals surface area contributed by atoms with Gasteiger partial charge < -0.3 is 15.0 Å². The van der Waals surface area contributed by atoms with Crippen molar-refractivity contribution in [2.24, 2.45) is 11.8 Å². The number of aryl methyl sites for hydroxylation is 1. The lowest BCUT2D eigenvalue weighted by molar-refractivity contribution is 0.408. The molecular weight excluding hydrogens is 236 g/mol. The summed E-state index contributed by atoms with van der Waals surface area (Å²) in [5.41, 5.74) is 2.65. The van der Waals surface area contributed by atoms with E-state index in [-0.39, 0.29) is 0 Å². The first-order chi connectivity index (χ1) is 9.10. The Morgan fingerprint density at radius 3 is 2.32 bits per heavy atom. The first-order valence-electron chi connectivity index (χ1n) is 7.20. The summed E-state index contributed by atoms with van der Waals surface area (Å²) in [6.45, 7) is 11.2. The van der Waals surface area contributed by atoms with Crippen molar-refractivity contribution in [3.05, 3.63) is 23.8 Å². The summed E-state index contributed by atoms with van der Waals surface area (Å²) in [6.07, 6.45) is 0. The first-order valence-corrected chi connectivity index (χ1v) is 7.20. The fourth-order valence-electron chi connectivity index (χ4n) is 2.84. The van der Waals surface area contributed by atoms with E-state index in [1.165, 1.54) is 11.3 Å². The van der Waals surface area contributed by atoms with Gasteiger partial charge in [-0.2, -0.15) is 0 Å². The summed E-state index contributed by atoms with van der Waals surface area (Å²) in [5.74, 6) is 2.29. The van der Waals surface area contributed by atoms with E-state index in [4.69, 9.17) is 4.74 Å². The Labute approximate surface area is 116 Å². The van der Waals surface area contributed by atoms with Gasteiger partial charge in [0.25, 0.3) is 0 Å². The number of methoxy groups -OCH3 is 1. The number of hydrogen-bond acceptors (Lipinski definition) is 3. The molecule has 2 unspecified atom stereocenters. The maximum Gasteiger partial charge on any atom is 0.119 e. The molecule has 0 spiro atoms. The van der Waals surface area contributed by atoms with Crippen molar-refractivity contribution in [1.29, 1.82) is 0 Å². The Kier molecular flexibility index (Phi) is 4.70. The van der Waals surface area contributed by atoms with Gasteiger partial charge in [0.05, 0.1) is 7.11 Å². The summed E-state index contributed by atoms with van der Waals surface area (Å²) >= 11 is 0. The van der Waals surface area contributed by atoms with E-state index in [1.807, 2.05) is 0 Å². The van der Waals surface area contributed by atoms with Gasteiger partial charge in [0.15, 0.2) is 0 Å². The maximum absolute atomic E-state index is 5.30. The van der Waals surface area contributed by atoms with Gasteiger partial charge in [-0.1, -0.05) is 13.8 Å². The molecule has 0 bridgehead atoms. The van der Waals surface area contributed by atoms with E-state index in [2.05, 4.69) is 49.2 Å². The third-order valence-corrected chi connectivity index (χ3v) is 3.79. The van der Waals surface area contributed by atoms with Crippen LogP contribution in [0.4, 0.5) is 5.69 Å². The molecule has 3 nitrogen and oxygen atoms in total. The molecule has 19 heavy (non-hydrogen) atoms. The Bertz CT molecular complexity index is 407. The zero-order valence-electron chi connectivity index (χ0n) is 12.6. The number of nitrogens with zero attached hydrogens (tertiary/aromatic N) is 1. The lowest BCUT2D eigenvalue weighted by Crippen LogP contribution is -2.42. The average Bonchev–Trinajstić information content (AvgIpc) is 2.35. The van der Waals surface area contributed by atoms with Crippen LogP contribution in [-0.4, -0.2) is 33.3 Å². The predicted octanol–water partition coefficient (Wildman–Crippen LogP) is 2.69. The fourth-order valence-corrected chi connectivity index (χ4v) is 2.84. The van der Waals surface area contributed by atoms with Gasteiger partial charge in [0.1, 0.15) is 5.75 Å². The van der Waals surface area contributed by atoms with Gasteiger partial charge in [-0.15, -0.1) is 0 Å². The zero-order chi connectivity index (χ0) is 13.8. The topological polar surface area (TPSA) is 24.5 Å². The van der Waals surface area contributed by atoms with E-state index in [0.717, 1.165) is 31.9 Å². The summed E-state index contributed by atoms with van der Waals surface area (Å²) in [4.78, 5) is 2.53. The molecule has 1 aromatic carbocycles. The van der Waals surface area contributed by atoms with Crippen LogP contribution in [-0.2, 0) is 0 Å². The zero-order valence-corrected chi connectivity index (χ0v) is 12.6. The van der Waals surface area contributed by atoms with Gasteiger partial charge in [0.2, 0.25) is 0 Å². The standard InChI is InChI=1S/C16H26N2O/c1-12-8-17-9-13(2)11-18(10-12)16-6-5-15(19-4)7-14(16)3/h5-7,12-13,17H,8-11H2,1-4H3. The van der Waals surface area contributed by atoms with Crippen LogP contribution in [0.25, 0.3) is 0 Å². The normalized spacial score (nSPS) is 24.7. The van der Waals surface area contributed by atoms with E-state index in [1.54, 1.807) is 7.11 Å². The van der Waals surface area contributed by atoms with E-state index in [9.17, 15) is 0 Å².